The van der Waals surface area contributed by atoms with E-state index in [1.54, 1.807) is 25.1 Å². The lowest BCUT2D eigenvalue weighted by molar-refractivity contribution is -0.304. The fraction of sp³-hybridized carbons (Fsp3) is 0.600. The summed E-state index contributed by atoms with van der Waals surface area (Å²) in [4.78, 5) is 35.2. The highest BCUT2D eigenvalue weighted by Gasteiger charge is 2.36. The average Bonchev–Trinajstić information content (AvgIpc) is 3.09. The first-order chi connectivity index (χ1) is 16.1. The Hall–Kier alpha value is -2.09. The smallest absolute Gasteiger partial charge is 0.285 e. The second-order valence-electron chi connectivity index (χ2n) is 8.12. The number of carbonyl (C=O) groups is 2. The molecule has 1 aromatic rings. The topological polar surface area (TPSA) is 77.1 Å². The lowest BCUT2D eigenvalue weighted by atomic mass is 10.1. The molecule has 1 saturated heterocycles. The van der Waals surface area contributed by atoms with Crippen molar-refractivity contribution in [2.45, 2.75) is 84.7 Å². The zero-order chi connectivity index (χ0) is 23.9. The van der Waals surface area contributed by atoms with Gasteiger partial charge in [-0.1, -0.05) is 82.4 Å². The molecular weight excluding hydrogens is 444 g/mol. The van der Waals surface area contributed by atoms with Crippen molar-refractivity contribution in [1.29, 1.82) is 0 Å². The Morgan fingerprint density at radius 1 is 0.939 bits per heavy atom. The summed E-state index contributed by atoms with van der Waals surface area (Å²) >= 11 is 6.26. The zero-order valence-electron chi connectivity index (χ0n) is 19.9. The number of unbranched alkanes of at least 4 members (excludes halogenated alkanes) is 9. The monoisotopic (exact) mass is 480 g/mol. The quantitative estimate of drug-likeness (QED) is 0.0737. The van der Waals surface area contributed by atoms with Gasteiger partial charge in [-0.25, -0.2) is 14.8 Å². The van der Waals surface area contributed by atoms with Crippen LogP contribution in [0.4, 0.5) is 5.69 Å². The third-order valence-corrected chi connectivity index (χ3v) is 5.72. The fourth-order valence-corrected chi connectivity index (χ4v) is 3.71. The Morgan fingerprint density at radius 3 is 2.27 bits per heavy atom. The minimum Gasteiger partial charge on any atom is -0.500 e. The van der Waals surface area contributed by atoms with E-state index in [0.29, 0.717) is 23.9 Å². The summed E-state index contributed by atoms with van der Waals surface area (Å²) in [6.07, 6.45) is 13.8. The van der Waals surface area contributed by atoms with Crippen molar-refractivity contribution in [3.05, 3.63) is 40.6 Å². The van der Waals surface area contributed by atoms with Crippen LogP contribution < -0.4 is 10.4 Å². The zero-order valence-corrected chi connectivity index (χ0v) is 20.6. The number of nitrogens with one attached hydrogen (secondary N) is 1. The van der Waals surface area contributed by atoms with Gasteiger partial charge < -0.3 is 4.74 Å². The molecule has 0 atom stereocenters. The van der Waals surface area contributed by atoms with Gasteiger partial charge in [-0.2, -0.15) is 0 Å². The van der Waals surface area contributed by atoms with E-state index in [2.05, 4.69) is 12.3 Å². The second-order valence-corrected chi connectivity index (χ2v) is 8.53. The van der Waals surface area contributed by atoms with Crippen molar-refractivity contribution in [2.24, 2.45) is 0 Å². The number of anilines is 1. The number of halogens is 1. The molecule has 2 amide bonds. The molecule has 0 aromatic heterocycles. The number of hydrogen-bond donors (Lipinski definition) is 1. The second kappa shape index (κ2) is 15.7. The first kappa shape index (κ1) is 27.2. The van der Waals surface area contributed by atoms with E-state index in [4.69, 9.17) is 26.1 Å². The number of hydrazine groups is 1. The standard InChI is InChI=1S/C25H37ClN2O5/c1-3-5-6-7-8-9-10-11-12-13-16-32-33-18-20-14-15-22(26)23(17-20)28-25(30)21(19-31-4-2)24(29)27-28/h14-15,17,19H,3-13,16,18H2,1-2H3,(H,27,29)/b21-19+. The first-order valence-corrected chi connectivity index (χ1v) is 12.5. The molecule has 0 spiro atoms. The number of amides is 2. The molecule has 0 unspecified atom stereocenters. The summed E-state index contributed by atoms with van der Waals surface area (Å²) in [5.74, 6) is -1.06. The molecule has 0 radical (unpaired) electrons. The molecule has 0 bridgehead atoms. The number of rotatable bonds is 17. The van der Waals surface area contributed by atoms with Gasteiger partial charge >= 0.3 is 0 Å². The van der Waals surface area contributed by atoms with Gasteiger partial charge in [-0.15, -0.1) is 0 Å². The maximum Gasteiger partial charge on any atom is 0.285 e. The molecule has 8 heteroatoms. The van der Waals surface area contributed by atoms with Crippen molar-refractivity contribution in [1.82, 2.24) is 5.43 Å². The average molecular weight is 481 g/mol. The molecule has 1 fully saturated rings. The summed E-state index contributed by atoms with van der Waals surface area (Å²) in [6, 6.07) is 5.13. The molecular formula is C25H37ClN2O5. The van der Waals surface area contributed by atoms with Crippen LogP contribution in [0.15, 0.2) is 30.0 Å². The summed E-state index contributed by atoms with van der Waals surface area (Å²) in [5.41, 5.74) is 3.56. The molecule has 7 nitrogen and oxygen atoms in total. The van der Waals surface area contributed by atoms with Crippen molar-refractivity contribution in [3.63, 3.8) is 0 Å². The molecule has 1 N–H and O–H groups in total. The lowest BCUT2D eigenvalue weighted by Crippen LogP contribution is -2.36. The highest BCUT2D eigenvalue weighted by atomic mass is 35.5. The summed E-state index contributed by atoms with van der Waals surface area (Å²) in [6.45, 7) is 5.12. The molecule has 184 valence electrons. The number of ether oxygens (including phenoxy) is 1. The van der Waals surface area contributed by atoms with Gasteiger partial charge in [0.05, 0.1) is 23.9 Å². The summed E-state index contributed by atoms with van der Waals surface area (Å²) < 4.78 is 5.09. The molecule has 1 aliphatic rings. The van der Waals surface area contributed by atoms with Crippen LogP contribution >= 0.6 is 11.6 Å². The lowest BCUT2D eigenvalue weighted by Gasteiger charge is -2.17. The van der Waals surface area contributed by atoms with Gasteiger partial charge in [-0.05, 0) is 31.0 Å². The molecule has 33 heavy (non-hydrogen) atoms. The van der Waals surface area contributed by atoms with Crippen LogP contribution in [0.3, 0.4) is 0 Å². The Kier molecular flexibility index (Phi) is 12.9. The minimum absolute atomic E-state index is 0.0746. The fourth-order valence-electron chi connectivity index (χ4n) is 3.51. The van der Waals surface area contributed by atoms with E-state index < -0.39 is 11.8 Å². The van der Waals surface area contributed by atoms with Crippen molar-refractivity contribution >= 4 is 29.1 Å². The highest BCUT2D eigenvalue weighted by Crippen LogP contribution is 2.29. The SMILES string of the molecule is CCCCCCCCCCCCOOCc1ccc(Cl)c(N2NC(=O)/C(=C\OCC)C2=O)c1. The number of nitrogens with zero attached hydrogens (tertiary/aromatic N) is 1. The summed E-state index contributed by atoms with van der Waals surface area (Å²) in [7, 11) is 0. The maximum atomic E-state index is 12.6. The van der Waals surface area contributed by atoms with Gasteiger partial charge in [-0.3, -0.25) is 15.0 Å². The predicted octanol–water partition coefficient (Wildman–Crippen LogP) is 6.01. The molecule has 1 heterocycles. The van der Waals surface area contributed by atoms with Crippen LogP contribution in [-0.2, 0) is 30.7 Å². The van der Waals surface area contributed by atoms with E-state index in [1.807, 2.05) is 0 Å². The van der Waals surface area contributed by atoms with Crippen LogP contribution in [-0.4, -0.2) is 25.0 Å². The van der Waals surface area contributed by atoms with Crippen LogP contribution in [0.1, 0.15) is 83.6 Å². The largest absolute Gasteiger partial charge is 0.500 e. The van der Waals surface area contributed by atoms with E-state index in [0.717, 1.165) is 23.4 Å². The Bertz CT molecular complexity index is 784. The molecule has 0 aliphatic carbocycles. The van der Waals surface area contributed by atoms with E-state index in [-0.39, 0.29) is 12.2 Å². The first-order valence-electron chi connectivity index (χ1n) is 12.1. The van der Waals surface area contributed by atoms with Gasteiger partial charge in [0.1, 0.15) is 18.4 Å². The van der Waals surface area contributed by atoms with Crippen LogP contribution in [0.2, 0.25) is 5.02 Å². The van der Waals surface area contributed by atoms with Crippen LogP contribution in [0.5, 0.6) is 0 Å². The van der Waals surface area contributed by atoms with Gasteiger partial charge in [0, 0.05) is 0 Å². The number of carbonyl (C=O) groups excluding carboxylic acids is 2. The minimum atomic E-state index is -0.536. The van der Waals surface area contributed by atoms with Crippen molar-refractivity contribution < 1.29 is 24.1 Å². The van der Waals surface area contributed by atoms with Gasteiger partial charge in [0.15, 0.2) is 0 Å². The Balaban J connectivity index is 1.67. The number of hydrogen-bond acceptors (Lipinski definition) is 5. The van der Waals surface area contributed by atoms with Crippen molar-refractivity contribution in [3.8, 4) is 0 Å². The Labute approximate surface area is 202 Å². The molecule has 0 saturated carbocycles. The molecule has 2 rings (SSSR count). The highest BCUT2D eigenvalue weighted by molar-refractivity contribution is 6.36. The third-order valence-electron chi connectivity index (χ3n) is 5.40. The van der Waals surface area contributed by atoms with Crippen molar-refractivity contribution in [2.75, 3.05) is 18.2 Å². The predicted molar refractivity (Wildman–Crippen MR) is 129 cm³/mol. The van der Waals surface area contributed by atoms with Crippen LogP contribution in [0, 0.1) is 0 Å². The van der Waals surface area contributed by atoms with E-state index in [1.165, 1.54) is 57.6 Å². The van der Waals surface area contributed by atoms with Gasteiger partial charge in [0.2, 0.25) is 0 Å². The van der Waals surface area contributed by atoms with Gasteiger partial charge in [0.25, 0.3) is 11.8 Å². The van der Waals surface area contributed by atoms with E-state index in [9.17, 15) is 9.59 Å². The maximum absolute atomic E-state index is 12.6. The molecule has 1 aromatic carbocycles. The number of benzene rings is 1. The summed E-state index contributed by atoms with van der Waals surface area (Å²) in [5, 5.41) is 1.44. The van der Waals surface area contributed by atoms with E-state index >= 15 is 0 Å². The Morgan fingerprint density at radius 2 is 1.61 bits per heavy atom. The molecule has 1 aliphatic heterocycles. The third kappa shape index (κ3) is 9.35. The normalized spacial score (nSPS) is 14.9. The van der Waals surface area contributed by atoms with Crippen LogP contribution in [0.25, 0.3) is 0 Å².